The summed E-state index contributed by atoms with van der Waals surface area (Å²) in [6.07, 6.45) is 0.519. The smallest absolute Gasteiger partial charge is 0.308 e. The molecule has 0 radical (unpaired) electrons. The standard InChI is InChI=1S/C20H32FN3O3SSi/c1-9-14-11-10-12-15(21)17(14)18(25)16-13-24(28(26,27)23(5)6)19(22-16)29(7,8)20(2,3)4/h10-13,18,25H,9H2,1-8H3. The Morgan fingerprint density at radius 3 is 2.34 bits per heavy atom. The molecule has 2 aromatic rings. The molecule has 162 valence electrons. The highest BCUT2D eigenvalue weighted by atomic mass is 32.2. The Bertz CT molecular complexity index is 995. The van der Waals surface area contributed by atoms with Gasteiger partial charge in [0.15, 0.2) is 0 Å². The summed E-state index contributed by atoms with van der Waals surface area (Å²) in [6, 6.07) is 4.64. The number of rotatable bonds is 6. The molecule has 0 spiro atoms. The maximum absolute atomic E-state index is 14.6. The molecule has 1 aromatic carbocycles. The summed E-state index contributed by atoms with van der Waals surface area (Å²) >= 11 is 0. The van der Waals surface area contributed by atoms with Crippen LogP contribution in [0, 0.1) is 5.82 Å². The molecule has 1 aromatic heterocycles. The molecule has 6 nitrogen and oxygen atoms in total. The average molecular weight is 442 g/mol. The fraction of sp³-hybridized carbons (Fsp3) is 0.550. The third-order valence-corrected chi connectivity index (χ3v) is 13.0. The minimum atomic E-state index is -3.85. The van der Waals surface area contributed by atoms with Crippen molar-refractivity contribution in [2.45, 2.75) is 58.4 Å². The van der Waals surface area contributed by atoms with E-state index in [1.54, 1.807) is 12.1 Å². The number of aliphatic hydroxyl groups is 1. The van der Waals surface area contributed by atoms with Crippen molar-refractivity contribution in [2.75, 3.05) is 14.1 Å². The third-order valence-electron chi connectivity index (χ3n) is 5.92. The van der Waals surface area contributed by atoms with Crippen LogP contribution in [0.15, 0.2) is 24.4 Å². The van der Waals surface area contributed by atoms with E-state index in [0.29, 0.717) is 17.4 Å². The lowest BCUT2D eigenvalue weighted by molar-refractivity contribution is 0.209. The van der Waals surface area contributed by atoms with Crippen LogP contribution in [0.5, 0.6) is 0 Å². The third kappa shape index (κ3) is 4.19. The summed E-state index contributed by atoms with van der Waals surface area (Å²) in [5.74, 6) is -0.532. The molecule has 9 heteroatoms. The Labute approximate surface area is 174 Å². The van der Waals surface area contributed by atoms with Crippen LogP contribution < -0.4 is 5.45 Å². The largest absolute Gasteiger partial charge is 0.382 e. The molecule has 0 aliphatic rings. The van der Waals surface area contributed by atoms with E-state index in [1.807, 2.05) is 20.0 Å². The Kier molecular flexibility index (Phi) is 6.49. The first kappa shape index (κ1) is 23.7. The van der Waals surface area contributed by atoms with Crippen LogP contribution in [-0.4, -0.2) is 49.0 Å². The van der Waals surface area contributed by atoms with Crippen molar-refractivity contribution in [3.05, 3.63) is 47.0 Å². The minimum Gasteiger partial charge on any atom is -0.382 e. The van der Waals surface area contributed by atoms with Crippen molar-refractivity contribution in [3.8, 4) is 0 Å². The number of aliphatic hydroxyl groups excluding tert-OH is 1. The van der Waals surface area contributed by atoms with Gasteiger partial charge in [-0.15, -0.1) is 0 Å². The van der Waals surface area contributed by atoms with Crippen LogP contribution in [0.4, 0.5) is 4.39 Å². The highest BCUT2D eigenvalue weighted by molar-refractivity contribution is 7.87. The van der Waals surface area contributed by atoms with Crippen LogP contribution in [0.2, 0.25) is 18.1 Å². The topological polar surface area (TPSA) is 75.4 Å². The predicted octanol–water partition coefficient (Wildman–Crippen LogP) is 3.04. The maximum atomic E-state index is 14.6. The zero-order valence-corrected chi connectivity index (χ0v) is 20.3. The zero-order valence-electron chi connectivity index (χ0n) is 18.5. The molecule has 1 heterocycles. The number of hydrogen-bond donors (Lipinski definition) is 1. The summed E-state index contributed by atoms with van der Waals surface area (Å²) in [6.45, 7) is 12.1. The average Bonchev–Trinajstić information content (AvgIpc) is 3.06. The van der Waals surface area contributed by atoms with E-state index in [1.165, 1.54) is 26.4 Å². The molecule has 0 aliphatic carbocycles. The predicted molar refractivity (Wildman–Crippen MR) is 117 cm³/mol. The Morgan fingerprint density at radius 1 is 1.28 bits per heavy atom. The van der Waals surface area contributed by atoms with E-state index in [4.69, 9.17) is 0 Å². The van der Waals surface area contributed by atoms with Gasteiger partial charge in [-0.3, -0.25) is 0 Å². The number of imidazole rings is 1. The Morgan fingerprint density at radius 2 is 1.86 bits per heavy atom. The van der Waals surface area contributed by atoms with Gasteiger partial charge in [-0.05, 0) is 23.1 Å². The molecule has 1 unspecified atom stereocenters. The lowest BCUT2D eigenvalue weighted by atomic mass is 9.98. The second-order valence-electron chi connectivity index (χ2n) is 9.02. The molecule has 0 bridgehead atoms. The van der Waals surface area contributed by atoms with Crippen molar-refractivity contribution in [1.82, 2.24) is 13.3 Å². The summed E-state index contributed by atoms with van der Waals surface area (Å²) in [4.78, 5) is 4.59. The fourth-order valence-corrected chi connectivity index (χ4v) is 6.54. The van der Waals surface area contributed by atoms with Crippen molar-refractivity contribution in [1.29, 1.82) is 0 Å². The van der Waals surface area contributed by atoms with E-state index in [9.17, 15) is 17.9 Å². The Hall–Kier alpha value is -1.55. The normalized spacial score (nSPS) is 14.4. The number of aromatic nitrogens is 2. The molecule has 0 saturated carbocycles. The van der Waals surface area contributed by atoms with Gasteiger partial charge in [0.05, 0.1) is 5.69 Å². The van der Waals surface area contributed by atoms with Gasteiger partial charge < -0.3 is 5.11 Å². The molecule has 1 N–H and O–H groups in total. The van der Waals surface area contributed by atoms with Crippen LogP contribution in [-0.2, 0) is 16.6 Å². The SMILES string of the molecule is CCc1cccc(F)c1C(O)c1cn(S(=O)(=O)N(C)C)c([Si](C)(C)C(C)(C)C)n1. The maximum Gasteiger partial charge on any atom is 0.308 e. The Balaban J connectivity index is 2.78. The molecule has 0 aliphatic heterocycles. The second kappa shape index (κ2) is 7.94. The van der Waals surface area contributed by atoms with Crippen molar-refractivity contribution in [3.63, 3.8) is 0 Å². The molecular weight excluding hydrogens is 409 g/mol. The molecule has 0 fully saturated rings. The van der Waals surface area contributed by atoms with Gasteiger partial charge >= 0.3 is 10.2 Å². The molecule has 2 rings (SSSR count). The van der Waals surface area contributed by atoms with Crippen molar-refractivity contribution in [2.24, 2.45) is 0 Å². The van der Waals surface area contributed by atoms with Gasteiger partial charge in [0.1, 0.15) is 25.4 Å². The summed E-state index contributed by atoms with van der Waals surface area (Å²) in [5.41, 5.74) is 1.37. The first-order valence-electron chi connectivity index (χ1n) is 9.64. The second-order valence-corrected chi connectivity index (χ2v) is 16.2. The number of hydrogen-bond acceptors (Lipinski definition) is 4. The van der Waals surface area contributed by atoms with E-state index in [0.717, 1.165) is 8.28 Å². The molecule has 0 amide bonds. The number of aryl methyl sites for hydroxylation is 1. The first-order valence-corrected chi connectivity index (χ1v) is 14.0. The molecule has 1 atom stereocenters. The van der Waals surface area contributed by atoms with Crippen LogP contribution >= 0.6 is 0 Å². The summed E-state index contributed by atoms with van der Waals surface area (Å²) in [5, 5.41) is 10.8. The summed E-state index contributed by atoms with van der Waals surface area (Å²) < 4.78 is 42.8. The van der Waals surface area contributed by atoms with Crippen molar-refractivity contribution >= 4 is 23.7 Å². The highest BCUT2D eigenvalue weighted by Gasteiger charge is 2.43. The van der Waals surface area contributed by atoms with Gasteiger partial charge in [0.25, 0.3) is 0 Å². The van der Waals surface area contributed by atoms with Crippen LogP contribution in [0.3, 0.4) is 0 Å². The fourth-order valence-electron chi connectivity index (χ4n) is 2.96. The van der Waals surface area contributed by atoms with Gasteiger partial charge in [0, 0.05) is 25.9 Å². The van der Waals surface area contributed by atoms with Gasteiger partial charge in [-0.25, -0.2) is 13.3 Å². The first-order chi connectivity index (χ1) is 13.2. The lowest BCUT2D eigenvalue weighted by Gasteiger charge is -2.36. The number of nitrogens with zero attached hydrogens (tertiary/aromatic N) is 3. The molecular formula is C20H32FN3O3SSi. The number of benzene rings is 1. The monoisotopic (exact) mass is 441 g/mol. The van der Waals surface area contributed by atoms with E-state index < -0.39 is 30.2 Å². The highest BCUT2D eigenvalue weighted by Crippen LogP contribution is 2.36. The van der Waals surface area contributed by atoms with Crippen LogP contribution in [0.1, 0.15) is 50.6 Å². The lowest BCUT2D eigenvalue weighted by Crippen LogP contribution is -2.56. The zero-order chi connectivity index (χ0) is 22.4. The van der Waals surface area contributed by atoms with E-state index in [-0.39, 0.29) is 16.3 Å². The summed E-state index contributed by atoms with van der Waals surface area (Å²) in [7, 11) is -3.35. The van der Waals surface area contributed by atoms with E-state index in [2.05, 4.69) is 25.8 Å². The molecule has 0 saturated heterocycles. The minimum absolute atomic E-state index is 0.134. The number of halogens is 1. The van der Waals surface area contributed by atoms with Crippen LogP contribution in [0.25, 0.3) is 0 Å². The molecule has 29 heavy (non-hydrogen) atoms. The van der Waals surface area contributed by atoms with E-state index >= 15 is 0 Å². The van der Waals surface area contributed by atoms with Gasteiger partial charge in [-0.2, -0.15) is 12.7 Å². The quantitative estimate of drug-likeness (QED) is 0.699. The van der Waals surface area contributed by atoms with Gasteiger partial charge in [-0.1, -0.05) is 52.9 Å². The van der Waals surface area contributed by atoms with Gasteiger partial charge in [0.2, 0.25) is 0 Å². The van der Waals surface area contributed by atoms with Crippen molar-refractivity contribution < 1.29 is 17.9 Å².